The molecule has 0 saturated heterocycles. The third-order valence-corrected chi connectivity index (χ3v) is 3.59. The Balaban J connectivity index is 1.65. The van der Waals surface area contributed by atoms with Gasteiger partial charge in [0.2, 0.25) is 11.8 Å². The van der Waals surface area contributed by atoms with Gasteiger partial charge in [-0.15, -0.1) is 0 Å². The fraction of sp³-hybridized carbons (Fsp3) is 0.176. The van der Waals surface area contributed by atoms with E-state index in [0.29, 0.717) is 17.5 Å². The summed E-state index contributed by atoms with van der Waals surface area (Å²) >= 11 is 0. The number of benzene rings is 2. The largest absolute Gasteiger partial charge is 0.491 e. The van der Waals surface area contributed by atoms with E-state index in [1.54, 1.807) is 24.3 Å². The molecule has 2 N–H and O–H groups in total. The molecule has 2 aromatic rings. The lowest BCUT2D eigenvalue weighted by Gasteiger charge is -2.13. The molecular formula is C17H14F2N2O3. The molecule has 2 aromatic carbocycles. The number of halogens is 2. The van der Waals surface area contributed by atoms with Crippen LogP contribution in [0.15, 0.2) is 42.5 Å². The van der Waals surface area contributed by atoms with Crippen molar-refractivity contribution in [3.05, 3.63) is 54.1 Å². The summed E-state index contributed by atoms with van der Waals surface area (Å²) in [6.07, 6.45) is -0.184. The molecule has 2 amide bonds. The maximum absolute atomic E-state index is 13.6. The molecule has 3 rings (SSSR count). The number of rotatable bonds is 3. The minimum Gasteiger partial charge on any atom is -0.491 e. The van der Waals surface area contributed by atoms with Crippen LogP contribution in [0.1, 0.15) is 6.42 Å². The highest BCUT2D eigenvalue weighted by Crippen LogP contribution is 2.28. The van der Waals surface area contributed by atoms with Gasteiger partial charge in [-0.1, -0.05) is 12.1 Å². The Kier molecular flexibility index (Phi) is 4.41. The SMILES string of the molecule is O=C(CC1COc2ccccc2NC1=O)Nc1ccc(F)cc1F. The van der Waals surface area contributed by atoms with Crippen LogP contribution < -0.4 is 15.4 Å². The van der Waals surface area contributed by atoms with Gasteiger partial charge in [0.1, 0.15) is 24.0 Å². The van der Waals surface area contributed by atoms with Crippen molar-refractivity contribution in [1.82, 2.24) is 0 Å². The summed E-state index contributed by atoms with van der Waals surface area (Å²) in [5, 5.41) is 5.02. The molecule has 0 bridgehead atoms. The summed E-state index contributed by atoms with van der Waals surface area (Å²) in [4.78, 5) is 24.2. The standard InChI is InChI=1S/C17H14F2N2O3/c18-11-5-6-13(12(19)8-11)20-16(22)7-10-9-24-15-4-2-1-3-14(15)21-17(10)23/h1-6,8,10H,7,9H2,(H,20,22)(H,21,23). The van der Waals surface area contributed by atoms with Crippen LogP contribution in [0.5, 0.6) is 5.75 Å². The summed E-state index contributed by atoms with van der Waals surface area (Å²) in [6.45, 7) is 0.0299. The molecule has 1 aliphatic rings. The topological polar surface area (TPSA) is 67.4 Å². The van der Waals surface area contributed by atoms with E-state index in [1.165, 1.54) is 0 Å². The second-order valence-corrected chi connectivity index (χ2v) is 5.37. The zero-order chi connectivity index (χ0) is 17.1. The molecule has 5 nitrogen and oxygen atoms in total. The first-order valence-electron chi connectivity index (χ1n) is 7.30. The molecular weight excluding hydrogens is 318 g/mol. The molecule has 0 aromatic heterocycles. The van der Waals surface area contributed by atoms with Gasteiger partial charge in [-0.3, -0.25) is 9.59 Å². The lowest BCUT2D eigenvalue weighted by Crippen LogP contribution is -2.29. The molecule has 1 unspecified atom stereocenters. The number of fused-ring (bicyclic) bond motifs is 1. The van der Waals surface area contributed by atoms with E-state index in [0.717, 1.165) is 12.1 Å². The molecule has 7 heteroatoms. The first-order valence-corrected chi connectivity index (χ1v) is 7.30. The van der Waals surface area contributed by atoms with Crippen LogP contribution in [0.25, 0.3) is 0 Å². The van der Waals surface area contributed by atoms with Crippen LogP contribution in [-0.4, -0.2) is 18.4 Å². The van der Waals surface area contributed by atoms with Crippen LogP contribution >= 0.6 is 0 Å². The van der Waals surface area contributed by atoms with Gasteiger partial charge in [0.05, 0.1) is 17.3 Å². The van der Waals surface area contributed by atoms with Crippen molar-refractivity contribution in [2.75, 3.05) is 17.2 Å². The monoisotopic (exact) mass is 332 g/mol. The molecule has 0 aliphatic carbocycles. The van der Waals surface area contributed by atoms with Gasteiger partial charge in [0.25, 0.3) is 0 Å². The predicted molar refractivity (Wildman–Crippen MR) is 83.7 cm³/mol. The summed E-state index contributed by atoms with van der Waals surface area (Å²) in [7, 11) is 0. The predicted octanol–water partition coefficient (Wildman–Crippen LogP) is 2.94. The quantitative estimate of drug-likeness (QED) is 0.908. The first-order chi connectivity index (χ1) is 11.5. The van der Waals surface area contributed by atoms with E-state index < -0.39 is 23.5 Å². The van der Waals surface area contributed by atoms with Gasteiger partial charge in [-0.25, -0.2) is 8.78 Å². The van der Waals surface area contributed by atoms with Crippen molar-refractivity contribution in [2.45, 2.75) is 6.42 Å². The Labute approximate surface area is 136 Å². The molecule has 124 valence electrons. The molecule has 0 saturated carbocycles. The van der Waals surface area contributed by atoms with Crippen molar-refractivity contribution < 1.29 is 23.1 Å². The normalized spacial score (nSPS) is 16.4. The van der Waals surface area contributed by atoms with E-state index in [9.17, 15) is 18.4 Å². The Morgan fingerprint density at radius 1 is 1.25 bits per heavy atom. The van der Waals surface area contributed by atoms with Crippen molar-refractivity contribution >= 4 is 23.2 Å². The molecule has 1 aliphatic heterocycles. The second kappa shape index (κ2) is 6.66. The number of ether oxygens (including phenoxy) is 1. The average molecular weight is 332 g/mol. The smallest absolute Gasteiger partial charge is 0.231 e. The fourth-order valence-corrected chi connectivity index (χ4v) is 2.36. The highest BCUT2D eigenvalue weighted by Gasteiger charge is 2.27. The van der Waals surface area contributed by atoms with Crippen molar-refractivity contribution in [1.29, 1.82) is 0 Å². The summed E-state index contributed by atoms with van der Waals surface area (Å²) in [6, 6.07) is 9.78. The van der Waals surface area contributed by atoms with E-state index in [4.69, 9.17) is 4.74 Å². The van der Waals surface area contributed by atoms with Gasteiger partial charge >= 0.3 is 0 Å². The lowest BCUT2D eigenvalue weighted by atomic mass is 10.1. The van der Waals surface area contributed by atoms with Gasteiger partial charge < -0.3 is 15.4 Å². The third-order valence-electron chi connectivity index (χ3n) is 3.59. The van der Waals surface area contributed by atoms with Gasteiger partial charge in [-0.05, 0) is 24.3 Å². The highest BCUT2D eigenvalue weighted by molar-refractivity contribution is 5.99. The Hall–Kier alpha value is -2.96. The Morgan fingerprint density at radius 2 is 2.04 bits per heavy atom. The minimum absolute atomic E-state index is 0.0299. The molecule has 24 heavy (non-hydrogen) atoms. The molecule has 1 atom stereocenters. The number of amides is 2. The Morgan fingerprint density at radius 3 is 2.83 bits per heavy atom. The van der Waals surface area contributed by atoms with Gasteiger partial charge in [-0.2, -0.15) is 0 Å². The number of carbonyl (C=O) groups excluding carboxylic acids is 2. The van der Waals surface area contributed by atoms with Crippen molar-refractivity contribution in [3.8, 4) is 5.75 Å². The van der Waals surface area contributed by atoms with Crippen LogP contribution in [-0.2, 0) is 9.59 Å². The minimum atomic E-state index is -0.877. The molecule has 1 heterocycles. The zero-order valence-corrected chi connectivity index (χ0v) is 12.5. The van der Waals surface area contributed by atoms with Crippen LogP contribution in [0, 0.1) is 17.6 Å². The van der Waals surface area contributed by atoms with Crippen LogP contribution in [0.2, 0.25) is 0 Å². The number of carbonyl (C=O) groups is 2. The van der Waals surface area contributed by atoms with Crippen LogP contribution in [0.3, 0.4) is 0 Å². The van der Waals surface area contributed by atoms with E-state index in [2.05, 4.69) is 10.6 Å². The summed E-state index contributed by atoms with van der Waals surface area (Å²) in [5.74, 6) is -2.72. The van der Waals surface area contributed by atoms with Gasteiger partial charge in [0, 0.05) is 12.5 Å². The van der Waals surface area contributed by atoms with E-state index in [-0.39, 0.29) is 24.6 Å². The van der Waals surface area contributed by atoms with Gasteiger partial charge in [0.15, 0.2) is 0 Å². The highest BCUT2D eigenvalue weighted by atomic mass is 19.1. The van der Waals surface area contributed by atoms with Crippen molar-refractivity contribution in [3.63, 3.8) is 0 Å². The Bertz CT molecular complexity index is 795. The van der Waals surface area contributed by atoms with Crippen LogP contribution in [0.4, 0.5) is 20.2 Å². The average Bonchev–Trinajstić information content (AvgIpc) is 2.70. The number of nitrogens with one attached hydrogen (secondary N) is 2. The summed E-state index contributed by atoms with van der Waals surface area (Å²) < 4.78 is 31.9. The number of hydrogen-bond acceptors (Lipinski definition) is 3. The fourth-order valence-electron chi connectivity index (χ4n) is 2.36. The number of hydrogen-bond donors (Lipinski definition) is 2. The molecule has 0 spiro atoms. The molecule has 0 radical (unpaired) electrons. The maximum Gasteiger partial charge on any atom is 0.231 e. The third kappa shape index (κ3) is 3.51. The maximum atomic E-state index is 13.6. The number of para-hydroxylation sites is 2. The number of anilines is 2. The van der Waals surface area contributed by atoms with E-state index >= 15 is 0 Å². The first kappa shape index (κ1) is 15.9. The molecule has 0 fully saturated rings. The zero-order valence-electron chi connectivity index (χ0n) is 12.5. The summed E-state index contributed by atoms with van der Waals surface area (Å²) in [5.41, 5.74) is 0.398. The van der Waals surface area contributed by atoms with Crippen molar-refractivity contribution in [2.24, 2.45) is 5.92 Å². The van der Waals surface area contributed by atoms with E-state index in [1.807, 2.05) is 0 Å². The second-order valence-electron chi connectivity index (χ2n) is 5.37. The lowest BCUT2D eigenvalue weighted by molar-refractivity contribution is -0.125.